The van der Waals surface area contributed by atoms with Gasteiger partial charge in [0, 0.05) is 15.7 Å². The SMILES string of the molecule is Cc1cc(C)c2nc(N(Cc3ccccc3)C(=O)c3cccc(SC(C)C)c3)sc2c1. The lowest BCUT2D eigenvalue weighted by molar-refractivity contribution is 0.0985. The second kappa shape index (κ2) is 9.25. The van der Waals surface area contributed by atoms with Crippen molar-refractivity contribution in [3.8, 4) is 0 Å². The largest absolute Gasteiger partial charge is 0.279 e. The number of thiazole rings is 1. The van der Waals surface area contributed by atoms with Crippen molar-refractivity contribution in [1.82, 2.24) is 4.98 Å². The quantitative estimate of drug-likeness (QED) is 0.292. The monoisotopic (exact) mass is 446 g/mol. The molecule has 4 rings (SSSR count). The van der Waals surface area contributed by atoms with Crippen LogP contribution in [-0.4, -0.2) is 16.1 Å². The summed E-state index contributed by atoms with van der Waals surface area (Å²) in [5.41, 5.74) is 5.09. The van der Waals surface area contributed by atoms with E-state index in [0.717, 1.165) is 31.4 Å². The first-order valence-electron chi connectivity index (χ1n) is 10.4. The molecule has 1 heterocycles. The summed E-state index contributed by atoms with van der Waals surface area (Å²) in [5, 5.41) is 1.20. The number of carbonyl (C=O) groups excluding carboxylic acids is 1. The highest BCUT2D eigenvalue weighted by Gasteiger charge is 2.22. The Kier molecular flexibility index (Phi) is 6.44. The van der Waals surface area contributed by atoms with Gasteiger partial charge in [-0.2, -0.15) is 0 Å². The molecule has 0 aliphatic carbocycles. The van der Waals surface area contributed by atoms with Crippen molar-refractivity contribution in [2.24, 2.45) is 0 Å². The third-order valence-corrected chi connectivity index (χ3v) is 6.95. The molecule has 1 aromatic heterocycles. The van der Waals surface area contributed by atoms with Gasteiger partial charge in [0.05, 0.1) is 16.8 Å². The summed E-state index contributed by atoms with van der Waals surface area (Å²) in [6.07, 6.45) is 0. The minimum absolute atomic E-state index is 0.0245. The average Bonchev–Trinajstić information content (AvgIpc) is 3.16. The smallest absolute Gasteiger partial charge is 0.260 e. The number of nitrogens with zero attached hydrogens (tertiary/aromatic N) is 2. The van der Waals surface area contributed by atoms with Crippen LogP contribution in [0.1, 0.15) is 40.9 Å². The molecule has 0 aliphatic heterocycles. The van der Waals surface area contributed by atoms with Crippen LogP contribution in [0.15, 0.2) is 71.6 Å². The summed E-state index contributed by atoms with van der Waals surface area (Å²) in [7, 11) is 0. The van der Waals surface area contributed by atoms with Crippen molar-refractivity contribution in [2.45, 2.75) is 44.4 Å². The van der Waals surface area contributed by atoms with E-state index in [4.69, 9.17) is 4.98 Å². The van der Waals surface area contributed by atoms with E-state index in [1.165, 1.54) is 5.56 Å². The number of aryl methyl sites for hydroxylation is 2. The number of rotatable bonds is 6. The Morgan fingerprint density at radius 2 is 1.81 bits per heavy atom. The van der Waals surface area contributed by atoms with Gasteiger partial charge in [-0.3, -0.25) is 9.69 Å². The van der Waals surface area contributed by atoms with Crippen LogP contribution in [0.25, 0.3) is 10.2 Å². The zero-order valence-electron chi connectivity index (χ0n) is 18.3. The van der Waals surface area contributed by atoms with E-state index in [1.807, 2.05) is 53.4 Å². The standard InChI is InChI=1S/C26H26N2OS2/c1-17(2)30-22-12-8-11-21(15-22)25(29)28(16-20-9-6-5-7-10-20)26-27-24-19(4)13-18(3)14-23(24)31-26/h5-15,17H,16H2,1-4H3. The molecule has 0 saturated carbocycles. The Morgan fingerprint density at radius 3 is 2.55 bits per heavy atom. The van der Waals surface area contributed by atoms with Crippen LogP contribution in [-0.2, 0) is 6.54 Å². The van der Waals surface area contributed by atoms with Crippen molar-refractivity contribution < 1.29 is 4.79 Å². The average molecular weight is 447 g/mol. The predicted molar refractivity (Wildman–Crippen MR) is 133 cm³/mol. The van der Waals surface area contributed by atoms with E-state index in [2.05, 4.69) is 45.9 Å². The Hall–Kier alpha value is -2.63. The van der Waals surface area contributed by atoms with Crippen molar-refractivity contribution in [3.63, 3.8) is 0 Å². The van der Waals surface area contributed by atoms with Crippen LogP contribution >= 0.6 is 23.1 Å². The molecule has 31 heavy (non-hydrogen) atoms. The summed E-state index contributed by atoms with van der Waals surface area (Å²) in [6.45, 7) is 8.98. The normalized spacial score (nSPS) is 11.3. The van der Waals surface area contributed by atoms with Crippen molar-refractivity contribution in [3.05, 3.63) is 89.0 Å². The third kappa shape index (κ3) is 5.00. The number of carbonyl (C=O) groups is 1. The van der Waals surface area contributed by atoms with Crippen molar-refractivity contribution >= 4 is 44.4 Å². The molecule has 1 amide bonds. The maximum absolute atomic E-state index is 13.7. The van der Waals surface area contributed by atoms with Gasteiger partial charge < -0.3 is 0 Å². The topological polar surface area (TPSA) is 33.2 Å². The molecule has 0 radical (unpaired) electrons. The minimum Gasteiger partial charge on any atom is -0.279 e. The molecule has 0 aliphatic rings. The number of hydrogen-bond donors (Lipinski definition) is 0. The first-order chi connectivity index (χ1) is 14.9. The van der Waals surface area contributed by atoms with Gasteiger partial charge in [0.15, 0.2) is 5.13 Å². The van der Waals surface area contributed by atoms with Gasteiger partial charge in [-0.15, -0.1) is 11.8 Å². The second-order valence-corrected chi connectivity index (χ2v) is 10.7. The molecule has 4 aromatic rings. The van der Waals surface area contributed by atoms with E-state index >= 15 is 0 Å². The summed E-state index contributed by atoms with van der Waals surface area (Å²) >= 11 is 3.34. The highest BCUT2D eigenvalue weighted by atomic mass is 32.2. The Balaban J connectivity index is 1.76. The van der Waals surface area contributed by atoms with E-state index in [-0.39, 0.29) is 5.91 Å². The molecule has 0 saturated heterocycles. The number of thioether (sulfide) groups is 1. The van der Waals surface area contributed by atoms with Crippen LogP contribution in [0.3, 0.4) is 0 Å². The zero-order chi connectivity index (χ0) is 22.0. The van der Waals surface area contributed by atoms with Gasteiger partial charge in [-0.05, 0) is 54.8 Å². The molecular formula is C26H26N2OS2. The van der Waals surface area contributed by atoms with Crippen LogP contribution in [0, 0.1) is 13.8 Å². The van der Waals surface area contributed by atoms with Crippen LogP contribution in [0.5, 0.6) is 0 Å². The predicted octanol–water partition coefficient (Wildman–Crippen LogP) is 7.26. The second-order valence-electron chi connectivity index (χ2n) is 8.00. The molecule has 158 valence electrons. The van der Waals surface area contributed by atoms with Gasteiger partial charge in [-0.1, -0.05) is 67.6 Å². The molecule has 5 heteroatoms. The highest BCUT2D eigenvalue weighted by Crippen LogP contribution is 2.33. The minimum atomic E-state index is -0.0245. The lowest BCUT2D eigenvalue weighted by atomic mass is 10.1. The molecule has 0 spiro atoms. The summed E-state index contributed by atoms with van der Waals surface area (Å²) in [5.74, 6) is -0.0245. The van der Waals surface area contributed by atoms with Gasteiger partial charge in [0.1, 0.15) is 0 Å². The summed E-state index contributed by atoms with van der Waals surface area (Å²) < 4.78 is 1.11. The first-order valence-corrected chi connectivity index (χ1v) is 12.1. The number of fused-ring (bicyclic) bond motifs is 1. The van der Waals surface area contributed by atoms with E-state index < -0.39 is 0 Å². The van der Waals surface area contributed by atoms with Gasteiger partial charge in [0.25, 0.3) is 5.91 Å². The van der Waals surface area contributed by atoms with E-state index in [1.54, 1.807) is 23.1 Å². The summed E-state index contributed by atoms with van der Waals surface area (Å²) in [6, 6.07) is 22.3. The lowest BCUT2D eigenvalue weighted by Gasteiger charge is -2.20. The number of aromatic nitrogens is 1. The Labute approximate surface area is 192 Å². The fraction of sp³-hybridized carbons (Fsp3) is 0.231. The molecular weight excluding hydrogens is 420 g/mol. The summed E-state index contributed by atoms with van der Waals surface area (Å²) in [4.78, 5) is 21.5. The molecule has 0 unspecified atom stereocenters. The van der Waals surface area contributed by atoms with Crippen LogP contribution in [0.4, 0.5) is 5.13 Å². The van der Waals surface area contributed by atoms with Gasteiger partial charge in [0.2, 0.25) is 0 Å². The number of anilines is 1. The van der Waals surface area contributed by atoms with Crippen molar-refractivity contribution in [1.29, 1.82) is 0 Å². The van der Waals surface area contributed by atoms with E-state index in [9.17, 15) is 4.79 Å². The molecule has 0 fully saturated rings. The maximum atomic E-state index is 13.7. The zero-order valence-corrected chi connectivity index (χ0v) is 19.9. The molecule has 0 bridgehead atoms. The Morgan fingerprint density at radius 1 is 1.03 bits per heavy atom. The van der Waals surface area contributed by atoms with Crippen LogP contribution in [0.2, 0.25) is 0 Å². The highest BCUT2D eigenvalue weighted by molar-refractivity contribution is 7.99. The molecule has 3 aromatic carbocycles. The third-order valence-electron chi connectivity index (χ3n) is 4.93. The molecule has 0 atom stereocenters. The molecule has 3 nitrogen and oxygen atoms in total. The van der Waals surface area contributed by atoms with Crippen LogP contribution < -0.4 is 4.90 Å². The van der Waals surface area contributed by atoms with Gasteiger partial charge >= 0.3 is 0 Å². The van der Waals surface area contributed by atoms with Gasteiger partial charge in [-0.25, -0.2) is 4.98 Å². The number of amides is 1. The first kappa shape index (κ1) is 21.6. The number of benzene rings is 3. The number of hydrogen-bond acceptors (Lipinski definition) is 4. The Bertz CT molecular complexity index is 1210. The maximum Gasteiger partial charge on any atom is 0.260 e. The fourth-order valence-electron chi connectivity index (χ4n) is 3.60. The van der Waals surface area contributed by atoms with E-state index in [0.29, 0.717) is 17.4 Å². The lowest BCUT2D eigenvalue weighted by Crippen LogP contribution is -2.30. The van der Waals surface area contributed by atoms with Crippen molar-refractivity contribution in [2.75, 3.05) is 4.90 Å². The fourth-order valence-corrected chi connectivity index (χ4v) is 5.63. The molecule has 0 N–H and O–H groups in total.